The van der Waals surface area contributed by atoms with Crippen molar-refractivity contribution >= 4 is 33.6 Å². The van der Waals surface area contributed by atoms with Crippen molar-refractivity contribution in [3.8, 4) is 0 Å². The van der Waals surface area contributed by atoms with Gasteiger partial charge in [-0.15, -0.1) is 0 Å². The Hall–Kier alpha value is -0.420. The molecular weight excluding hydrogens is 324 g/mol. The quantitative estimate of drug-likeness (QED) is 0.900. The minimum atomic E-state index is 0.0474. The molecule has 1 fully saturated rings. The van der Waals surface area contributed by atoms with Crippen LogP contribution in [-0.4, -0.2) is 28.0 Å². The highest BCUT2D eigenvalue weighted by atomic mass is 79.9. The Bertz CT molecular complexity index is 458. The molecule has 0 spiro atoms. The third-order valence-electron chi connectivity index (χ3n) is 3.66. The molecule has 0 bridgehead atoms. The average Bonchev–Trinajstić information content (AvgIpc) is 2.95. The maximum atomic E-state index is 12.4. The number of amides is 1. The van der Waals surface area contributed by atoms with Crippen LogP contribution < -0.4 is 5.32 Å². The standard InChI is InChI=1S/C14H21BrN2OS/c1-9(2)17-8-10(15)6-13(17)14(18)16-11-4-5-12(7-11)19-3/h6,8-9,11-12H,4-5,7H2,1-3H3,(H,16,18). The first-order chi connectivity index (χ1) is 9.01. The number of hydrogen-bond donors (Lipinski definition) is 1. The summed E-state index contributed by atoms with van der Waals surface area (Å²) in [5, 5.41) is 3.88. The summed E-state index contributed by atoms with van der Waals surface area (Å²) in [6.07, 6.45) is 7.52. The first-order valence-corrected chi connectivity index (χ1v) is 8.80. The molecule has 19 heavy (non-hydrogen) atoms. The number of rotatable bonds is 4. The molecule has 0 aromatic carbocycles. The minimum absolute atomic E-state index is 0.0474. The molecule has 1 aliphatic rings. The topological polar surface area (TPSA) is 34.0 Å². The van der Waals surface area contributed by atoms with Crippen LogP contribution in [0.15, 0.2) is 16.7 Å². The van der Waals surface area contributed by atoms with Gasteiger partial charge in [0, 0.05) is 28.0 Å². The number of halogens is 1. The van der Waals surface area contributed by atoms with E-state index in [4.69, 9.17) is 0 Å². The van der Waals surface area contributed by atoms with Gasteiger partial charge in [-0.25, -0.2) is 0 Å². The molecule has 1 aliphatic carbocycles. The second kappa shape index (κ2) is 6.35. The van der Waals surface area contributed by atoms with E-state index in [1.165, 1.54) is 6.42 Å². The van der Waals surface area contributed by atoms with Crippen molar-refractivity contribution in [1.82, 2.24) is 9.88 Å². The van der Waals surface area contributed by atoms with E-state index in [2.05, 4.69) is 41.3 Å². The van der Waals surface area contributed by atoms with Crippen LogP contribution >= 0.6 is 27.7 Å². The van der Waals surface area contributed by atoms with Crippen LogP contribution in [0.5, 0.6) is 0 Å². The van der Waals surface area contributed by atoms with Crippen molar-refractivity contribution in [1.29, 1.82) is 0 Å². The van der Waals surface area contributed by atoms with Crippen LogP contribution in [-0.2, 0) is 0 Å². The van der Waals surface area contributed by atoms with Gasteiger partial charge >= 0.3 is 0 Å². The molecule has 0 saturated heterocycles. The smallest absolute Gasteiger partial charge is 0.268 e. The molecule has 0 radical (unpaired) electrons. The predicted octanol–water partition coefficient (Wildman–Crippen LogP) is 3.85. The van der Waals surface area contributed by atoms with Crippen molar-refractivity contribution < 1.29 is 4.79 Å². The van der Waals surface area contributed by atoms with Gasteiger partial charge in [-0.3, -0.25) is 4.79 Å². The summed E-state index contributed by atoms with van der Waals surface area (Å²) in [7, 11) is 0. The third kappa shape index (κ3) is 3.57. The largest absolute Gasteiger partial charge is 0.348 e. The van der Waals surface area contributed by atoms with Crippen molar-refractivity contribution in [3.05, 3.63) is 22.4 Å². The van der Waals surface area contributed by atoms with E-state index in [1.807, 2.05) is 28.6 Å². The van der Waals surface area contributed by atoms with Gasteiger partial charge in [0.25, 0.3) is 5.91 Å². The summed E-state index contributed by atoms with van der Waals surface area (Å²) >= 11 is 5.36. The molecule has 1 N–H and O–H groups in total. The fourth-order valence-corrected chi connectivity index (χ4v) is 3.83. The van der Waals surface area contributed by atoms with E-state index in [0.29, 0.717) is 11.3 Å². The summed E-state index contributed by atoms with van der Waals surface area (Å²) in [6.45, 7) is 4.17. The van der Waals surface area contributed by atoms with Gasteiger partial charge in [-0.2, -0.15) is 11.8 Å². The second-order valence-corrected chi connectivity index (χ2v) is 7.44. The van der Waals surface area contributed by atoms with Gasteiger partial charge in [0.2, 0.25) is 0 Å². The molecule has 0 aliphatic heterocycles. The maximum Gasteiger partial charge on any atom is 0.268 e. The van der Waals surface area contributed by atoms with Crippen LogP contribution in [0.2, 0.25) is 0 Å². The average molecular weight is 345 g/mol. The zero-order chi connectivity index (χ0) is 14.0. The summed E-state index contributed by atoms with van der Waals surface area (Å²) in [5.74, 6) is 0.0474. The van der Waals surface area contributed by atoms with Gasteiger partial charge in [0.15, 0.2) is 0 Å². The molecular formula is C14H21BrN2OS. The molecule has 106 valence electrons. The number of carbonyl (C=O) groups is 1. The molecule has 1 aromatic rings. The second-order valence-electron chi connectivity index (χ2n) is 5.39. The lowest BCUT2D eigenvalue weighted by atomic mass is 10.2. The highest BCUT2D eigenvalue weighted by Gasteiger charge is 2.26. The van der Waals surface area contributed by atoms with Crippen molar-refractivity contribution in [2.45, 2.75) is 50.4 Å². The van der Waals surface area contributed by atoms with Gasteiger partial charge < -0.3 is 9.88 Å². The zero-order valence-corrected chi connectivity index (χ0v) is 14.1. The lowest BCUT2D eigenvalue weighted by Crippen LogP contribution is -2.34. The van der Waals surface area contributed by atoms with E-state index in [9.17, 15) is 4.79 Å². The summed E-state index contributed by atoms with van der Waals surface area (Å²) < 4.78 is 2.97. The number of aromatic nitrogens is 1. The van der Waals surface area contributed by atoms with Crippen molar-refractivity contribution in [2.75, 3.05) is 6.26 Å². The van der Waals surface area contributed by atoms with Gasteiger partial charge in [0.1, 0.15) is 5.69 Å². The lowest BCUT2D eigenvalue weighted by Gasteiger charge is -2.16. The molecule has 1 saturated carbocycles. The Morgan fingerprint density at radius 2 is 2.26 bits per heavy atom. The van der Waals surface area contributed by atoms with Gasteiger partial charge in [-0.05, 0) is 61.4 Å². The van der Waals surface area contributed by atoms with Crippen LogP contribution in [0, 0.1) is 0 Å². The van der Waals surface area contributed by atoms with E-state index >= 15 is 0 Å². The fraction of sp³-hybridized carbons (Fsp3) is 0.643. The van der Waals surface area contributed by atoms with E-state index in [1.54, 1.807) is 0 Å². The number of nitrogens with one attached hydrogen (secondary N) is 1. The van der Waals surface area contributed by atoms with Crippen LogP contribution in [0.3, 0.4) is 0 Å². The molecule has 2 atom stereocenters. The lowest BCUT2D eigenvalue weighted by molar-refractivity contribution is 0.0927. The normalized spacial score (nSPS) is 23.0. The first kappa shape index (κ1) is 15.0. The van der Waals surface area contributed by atoms with Crippen molar-refractivity contribution in [2.24, 2.45) is 0 Å². The van der Waals surface area contributed by atoms with Gasteiger partial charge in [-0.1, -0.05) is 0 Å². The summed E-state index contributed by atoms with van der Waals surface area (Å²) in [5.41, 5.74) is 0.745. The molecule has 1 aromatic heterocycles. The van der Waals surface area contributed by atoms with Crippen LogP contribution in [0.1, 0.15) is 49.6 Å². The number of carbonyl (C=O) groups excluding carboxylic acids is 1. The van der Waals surface area contributed by atoms with Crippen molar-refractivity contribution in [3.63, 3.8) is 0 Å². The SMILES string of the molecule is CSC1CCC(NC(=O)c2cc(Br)cn2C(C)C)C1. The minimum Gasteiger partial charge on any atom is -0.348 e. The highest BCUT2D eigenvalue weighted by Crippen LogP contribution is 2.28. The summed E-state index contributed by atoms with van der Waals surface area (Å²) in [6, 6.07) is 2.52. The van der Waals surface area contributed by atoms with Gasteiger partial charge in [0.05, 0.1) is 0 Å². The molecule has 1 amide bonds. The number of hydrogen-bond acceptors (Lipinski definition) is 2. The molecule has 3 nitrogen and oxygen atoms in total. The fourth-order valence-electron chi connectivity index (χ4n) is 2.60. The maximum absolute atomic E-state index is 12.4. The third-order valence-corrected chi connectivity index (χ3v) is 5.19. The predicted molar refractivity (Wildman–Crippen MR) is 84.9 cm³/mol. The van der Waals surface area contributed by atoms with Crippen LogP contribution in [0.4, 0.5) is 0 Å². The molecule has 1 heterocycles. The molecule has 2 unspecified atom stereocenters. The Labute approximate surface area is 127 Å². The monoisotopic (exact) mass is 344 g/mol. The van der Waals surface area contributed by atoms with E-state index in [-0.39, 0.29) is 11.9 Å². The Balaban J connectivity index is 2.04. The molecule has 2 rings (SSSR count). The zero-order valence-electron chi connectivity index (χ0n) is 11.6. The Morgan fingerprint density at radius 3 is 2.84 bits per heavy atom. The Kier molecular flexibility index (Phi) is 5.01. The molecule has 5 heteroatoms. The van der Waals surface area contributed by atoms with Crippen LogP contribution in [0.25, 0.3) is 0 Å². The van der Waals surface area contributed by atoms with E-state index < -0.39 is 0 Å². The number of thioether (sulfide) groups is 1. The first-order valence-electron chi connectivity index (χ1n) is 6.72. The van der Waals surface area contributed by atoms with E-state index in [0.717, 1.165) is 23.0 Å². The Morgan fingerprint density at radius 1 is 1.53 bits per heavy atom. The highest BCUT2D eigenvalue weighted by molar-refractivity contribution is 9.10. The number of nitrogens with zero attached hydrogens (tertiary/aromatic N) is 1. The summed E-state index contributed by atoms with van der Waals surface area (Å²) in [4.78, 5) is 12.4.